The molecule has 1 heterocycles. The van der Waals surface area contributed by atoms with Gasteiger partial charge in [0.1, 0.15) is 47.2 Å². The first-order chi connectivity index (χ1) is 12.2. The fourth-order valence-electron chi connectivity index (χ4n) is 2.65. The van der Waals surface area contributed by atoms with Crippen molar-refractivity contribution in [2.24, 2.45) is 5.92 Å². The lowest BCUT2D eigenvalue weighted by atomic mass is 9.95. The Balaban J connectivity index is 2.37. The molecule has 1 aromatic rings. The van der Waals surface area contributed by atoms with Gasteiger partial charge in [-0.25, -0.2) is 0 Å². The highest BCUT2D eigenvalue weighted by atomic mass is 16.7. The maximum atomic E-state index is 12.5. The van der Waals surface area contributed by atoms with Gasteiger partial charge in [-0.05, 0) is 6.42 Å². The number of hydrogen-bond donors (Lipinski definition) is 6. The highest BCUT2D eigenvalue weighted by Gasteiger charge is 2.45. The third kappa shape index (κ3) is 3.92. The van der Waals surface area contributed by atoms with E-state index in [1.807, 2.05) is 0 Å². The second-order valence-electron chi connectivity index (χ2n) is 6.33. The van der Waals surface area contributed by atoms with Gasteiger partial charge in [0.25, 0.3) is 0 Å². The molecule has 26 heavy (non-hydrogen) atoms. The van der Waals surface area contributed by atoms with E-state index >= 15 is 0 Å². The Hall–Kier alpha value is -1.91. The summed E-state index contributed by atoms with van der Waals surface area (Å²) in [6.45, 7) is 2.80. The number of rotatable bonds is 6. The van der Waals surface area contributed by atoms with Crippen LogP contribution in [0.5, 0.6) is 17.2 Å². The van der Waals surface area contributed by atoms with Crippen LogP contribution in [-0.4, -0.2) is 73.7 Å². The van der Waals surface area contributed by atoms with Crippen LogP contribution in [0.1, 0.15) is 30.6 Å². The number of carbonyl (C=O) groups excluding carboxylic acids is 1. The summed E-state index contributed by atoms with van der Waals surface area (Å²) in [4.78, 5) is 12.5. The molecule has 0 amide bonds. The predicted octanol–water partition coefficient (Wildman–Crippen LogP) is -0.495. The zero-order valence-electron chi connectivity index (χ0n) is 14.4. The van der Waals surface area contributed by atoms with Gasteiger partial charge >= 0.3 is 0 Å². The van der Waals surface area contributed by atoms with Crippen molar-refractivity contribution in [1.29, 1.82) is 0 Å². The molecule has 0 spiro atoms. The third-order valence-corrected chi connectivity index (χ3v) is 4.46. The molecule has 6 atom stereocenters. The van der Waals surface area contributed by atoms with Gasteiger partial charge in [0.15, 0.2) is 5.78 Å². The number of aromatic hydroxyl groups is 2. The van der Waals surface area contributed by atoms with Crippen molar-refractivity contribution in [3.63, 3.8) is 0 Å². The first-order valence-electron chi connectivity index (χ1n) is 8.28. The van der Waals surface area contributed by atoms with Crippen LogP contribution in [0.25, 0.3) is 0 Å². The molecule has 1 fully saturated rings. The molecule has 146 valence electrons. The molecule has 1 aliphatic rings. The molecule has 0 aromatic heterocycles. The highest BCUT2D eigenvalue weighted by molar-refractivity contribution is 6.02. The molecule has 0 radical (unpaired) electrons. The Morgan fingerprint density at radius 1 is 1.19 bits per heavy atom. The summed E-state index contributed by atoms with van der Waals surface area (Å²) in [6.07, 6.45) is -7.16. The first kappa shape index (κ1) is 20.4. The number of phenols is 2. The standard InChI is InChI=1S/C17H24O9/c1-3-7(2)13(21)12-9(20)4-8(19)5-10(12)25-17-16(24)15(23)14(22)11(6-18)26-17/h4-5,7,11,14-20,22-24H,3,6H2,1-2H3/t7?,11-,14-,15+,16-,17-/m1/s1. The van der Waals surface area contributed by atoms with E-state index < -0.39 is 54.8 Å². The average Bonchev–Trinajstić information content (AvgIpc) is 2.60. The molecule has 9 nitrogen and oxygen atoms in total. The maximum Gasteiger partial charge on any atom is 0.229 e. The summed E-state index contributed by atoms with van der Waals surface area (Å²) in [5, 5.41) is 58.7. The fourth-order valence-corrected chi connectivity index (χ4v) is 2.65. The number of benzene rings is 1. The van der Waals surface area contributed by atoms with Crippen molar-refractivity contribution in [3.8, 4) is 17.2 Å². The van der Waals surface area contributed by atoms with Crippen molar-refractivity contribution in [2.45, 2.75) is 51.0 Å². The largest absolute Gasteiger partial charge is 0.508 e. The van der Waals surface area contributed by atoms with Crippen molar-refractivity contribution in [1.82, 2.24) is 0 Å². The quantitative estimate of drug-likeness (QED) is 0.362. The number of carbonyl (C=O) groups is 1. The molecule has 0 bridgehead atoms. The van der Waals surface area contributed by atoms with Gasteiger partial charge in [0, 0.05) is 18.1 Å². The van der Waals surface area contributed by atoms with Gasteiger partial charge in [0.2, 0.25) is 6.29 Å². The Morgan fingerprint density at radius 3 is 2.42 bits per heavy atom. The number of aliphatic hydroxyl groups is 4. The maximum absolute atomic E-state index is 12.5. The van der Waals surface area contributed by atoms with Gasteiger partial charge in [-0.2, -0.15) is 0 Å². The SMILES string of the molecule is CCC(C)C(=O)c1c(O)cc(O)cc1O[C@@H]1O[C@H](CO)[C@@H](O)[C@H](O)[C@H]1O. The van der Waals surface area contributed by atoms with Gasteiger partial charge < -0.3 is 40.1 Å². The molecule has 0 aliphatic carbocycles. The average molecular weight is 372 g/mol. The van der Waals surface area contributed by atoms with E-state index in [1.165, 1.54) is 0 Å². The van der Waals surface area contributed by atoms with E-state index in [0.717, 1.165) is 12.1 Å². The number of aliphatic hydroxyl groups excluding tert-OH is 4. The van der Waals surface area contributed by atoms with E-state index in [9.17, 15) is 35.4 Å². The molecular formula is C17H24O9. The molecule has 1 saturated heterocycles. The Labute approximate surface area is 150 Å². The van der Waals surface area contributed by atoms with E-state index in [0.29, 0.717) is 6.42 Å². The molecule has 0 saturated carbocycles. The Bertz CT molecular complexity index is 645. The first-order valence-corrected chi connectivity index (χ1v) is 8.28. The van der Waals surface area contributed by atoms with Crippen LogP contribution < -0.4 is 4.74 Å². The molecule has 1 aromatic carbocycles. The van der Waals surface area contributed by atoms with Crippen LogP contribution in [0.15, 0.2) is 12.1 Å². The van der Waals surface area contributed by atoms with Crippen LogP contribution in [-0.2, 0) is 4.74 Å². The summed E-state index contributed by atoms with van der Waals surface area (Å²) >= 11 is 0. The minimum atomic E-state index is -1.69. The van der Waals surface area contributed by atoms with E-state index in [1.54, 1.807) is 13.8 Å². The van der Waals surface area contributed by atoms with E-state index in [4.69, 9.17) is 9.47 Å². The lowest BCUT2D eigenvalue weighted by Gasteiger charge is -2.39. The van der Waals surface area contributed by atoms with Crippen molar-refractivity contribution in [3.05, 3.63) is 17.7 Å². The smallest absolute Gasteiger partial charge is 0.229 e. The van der Waals surface area contributed by atoms with Gasteiger partial charge in [-0.15, -0.1) is 0 Å². The highest BCUT2D eigenvalue weighted by Crippen LogP contribution is 2.37. The predicted molar refractivity (Wildman–Crippen MR) is 88.0 cm³/mol. The minimum Gasteiger partial charge on any atom is -0.508 e. The van der Waals surface area contributed by atoms with Crippen molar-refractivity contribution >= 4 is 5.78 Å². The number of ketones is 1. The normalized spacial score (nSPS) is 30.0. The molecule has 9 heteroatoms. The van der Waals surface area contributed by atoms with E-state index in [-0.39, 0.29) is 17.1 Å². The lowest BCUT2D eigenvalue weighted by molar-refractivity contribution is -0.277. The number of hydrogen-bond acceptors (Lipinski definition) is 9. The lowest BCUT2D eigenvalue weighted by Crippen LogP contribution is -2.60. The molecular weight excluding hydrogens is 348 g/mol. The number of ether oxygens (including phenoxy) is 2. The molecule has 6 N–H and O–H groups in total. The van der Waals surface area contributed by atoms with Gasteiger partial charge in [-0.1, -0.05) is 13.8 Å². The molecule has 2 rings (SSSR count). The van der Waals surface area contributed by atoms with Crippen molar-refractivity contribution in [2.75, 3.05) is 6.61 Å². The molecule has 1 unspecified atom stereocenters. The van der Waals surface area contributed by atoms with Gasteiger partial charge in [0.05, 0.1) is 6.61 Å². The zero-order valence-corrected chi connectivity index (χ0v) is 14.4. The number of phenolic OH excluding ortho intramolecular Hbond substituents is 2. The minimum absolute atomic E-state index is 0.200. The number of Topliss-reactive ketones (excluding diaryl/α,β-unsaturated/α-hetero) is 1. The van der Waals surface area contributed by atoms with Crippen LogP contribution in [0.3, 0.4) is 0 Å². The van der Waals surface area contributed by atoms with Crippen LogP contribution >= 0.6 is 0 Å². The Morgan fingerprint density at radius 2 is 1.85 bits per heavy atom. The summed E-state index contributed by atoms with van der Waals surface area (Å²) < 4.78 is 10.7. The van der Waals surface area contributed by atoms with Crippen LogP contribution in [0.2, 0.25) is 0 Å². The summed E-state index contributed by atoms with van der Waals surface area (Å²) in [5.41, 5.74) is -0.200. The second kappa shape index (κ2) is 8.19. The topological polar surface area (TPSA) is 157 Å². The Kier molecular flexibility index (Phi) is 6.43. The fraction of sp³-hybridized carbons (Fsp3) is 0.588. The monoisotopic (exact) mass is 372 g/mol. The summed E-state index contributed by atoms with van der Waals surface area (Å²) in [6, 6.07) is 2.05. The van der Waals surface area contributed by atoms with E-state index in [2.05, 4.69) is 0 Å². The molecule has 1 aliphatic heterocycles. The van der Waals surface area contributed by atoms with Crippen molar-refractivity contribution < 1.29 is 44.9 Å². The van der Waals surface area contributed by atoms with Gasteiger partial charge in [-0.3, -0.25) is 4.79 Å². The zero-order chi connectivity index (χ0) is 19.6. The van der Waals surface area contributed by atoms with Crippen LogP contribution in [0.4, 0.5) is 0 Å². The summed E-state index contributed by atoms with van der Waals surface area (Å²) in [5.74, 6) is -2.03. The third-order valence-electron chi connectivity index (χ3n) is 4.46. The summed E-state index contributed by atoms with van der Waals surface area (Å²) in [7, 11) is 0. The second-order valence-corrected chi connectivity index (χ2v) is 6.33. The van der Waals surface area contributed by atoms with Crippen LogP contribution in [0, 0.1) is 5.92 Å².